The molecule has 0 spiro atoms. The lowest BCUT2D eigenvalue weighted by Crippen LogP contribution is -2.31. The van der Waals surface area contributed by atoms with Gasteiger partial charge in [0.15, 0.2) is 0 Å². The van der Waals surface area contributed by atoms with Gasteiger partial charge in [-0.25, -0.2) is 0 Å². The van der Waals surface area contributed by atoms with E-state index in [4.69, 9.17) is 0 Å². The number of likely N-dealkylation sites (tertiary alicyclic amines) is 1. The van der Waals surface area contributed by atoms with E-state index in [2.05, 4.69) is 31.1 Å². The third-order valence-electron chi connectivity index (χ3n) is 2.41. The highest BCUT2D eigenvalue weighted by Crippen LogP contribution is 2.19. The summed E-state index contributed by atoms with van der Waals surface area (Å²) in [7, 11) is 0. The molecule has 0 amide bonds. The second-order valence-corrected chi connectivity index (χ2v) is 3.30. The van der Waals surface area contributed by atoms with Crippen molar-refractivity contribution < 1.29 is 0 Å². The van der Waals surface area contributed by atoms with Crippen molar-refractivity contribution in [1.29, 1.82) is 0 Å². The molecule has 1 aliphatic rings. The third-order valence-corrected chi connectivity index (χ3v) is 2.41. The quantitative estimate of drug-likeness (QED) is 0.548. The van der Waals surface area contributed by atoms with Gasteiger partial charge in [-0.2, -0.15) is 0 Å². The van der Waals surface area contributed by atoms with Crippen molar-refractivity contribution in [2.75, 3.05) is 13.1 Å². The molecule has 11 heavy (non-hydrogen) atoms. The maximum absolute atomic E-state index is 3.93. The average Bonchev–Trinajstić information content (AvgIpc) is 2.05. The van der Waals surface area contributed by atoms with Gasteiger partial charge in [0.1, 0.15) is 0 Å². The van der Waals surface area contributed by atoms with Crippen LogP contribution in [0.3, 0.4) is 0 Å². The highest BCUT2D eigenvalue weighted by molar-refractivity contribution is 4.93. The maximum Gasteiger partial charge on any atom is 0.0180 e. The summed E-state index contributed by atoms with van der Waals surface area (Å²) in [5.74, 6) is 0.741. The number of nitrogens with zero attached hydrogens (tertiary/aromatic N) is 1. The van der Waals surface area contributed by atoms with E-state index in [9.17, 15) is 0 Å². The second-order valence-electron chi connectivity index (χ2n) is 3.30. The Morgan fingerprint density at radius 3 is 2.36 bits per heavy atom. The fourth-order valence-electron chi connectivity index (χ4n) is 1.52. The van der Waals surface area contributed by atoms with E-state index in [1.165, 1.54) is 18.5 Å². The van der Waals surface area contributed by atoms with Gasteiger partial charge in [0.25, 0.3) is 0 Å². The predicted octanol–water partition coefficient (Wildman–Crippen LogP) is 2.42. The van der Waals surface area contributed by atoms with Crippen LogP contribution in [0, 0.1) is 5.92 Å². The van der Waals surface area contributed by atoms with Gasteiger partial charge in [0.05, 0.1) is 0 Å². The Morgan fingerprint density at radius 2 is 2.00 bits per heavy atom. The lowest BCUT2D eigenvalue weighted by molar-refractivity contribution is 0.253. The zero-order chi connectivity index (χ0) is 8.27. The lowest BCUT2D eigenvalue weighted by atomic mass is 9.97. The molecule has 0 radical (unpaired) electrons. The zero-order valence-corrected chi connectivity index (χ0v) is 7.34. The fraction of sp³-hybridized carbons (Fsp3) is 0.600. The van der Waals surface area contributed by atoms with E-state index in [0.717, 1.165) is 19.0 Å². The number of hydrogen-bond donors (Lipinski definition) is 0. The molecule has 1 saturated heterocycles. The van der Waals surface area contributed by atoms with Gasteiger partial charge in [-0.1, -0.05) is 12.7 Å². The molecule has 1 nitrogen and oxygen atoms in total. The van der Waals surface area contributed by atoms with Crippen LogP contribution in [0.1, 0.15) is 19.8 Å². The molecule has 0 aromatic carbocycles. The summed E-state index contributed by atoms with van der Waals surface area (Å²) in [4.78, 5) is 2.35. The summed E-state index contributed by atoms with van der Waals surface area (Å²) >= 11 is 0. The zero-order valence-electron chi connectivity index (χ0n) is 7.34. The number of piperidine rings is 1. The van der Waals surface area contributed by atoms with Gasteiger partial charge >= 0.3 is 0 Å². The van der Waals surface area contributed by atoms with Gasteiger partial charge in [0.2, 0.25) is 0 Å². The molecule has 0 aromatic heterocycles. The van der Waals surface area contributed by atoms with Gasteiger partial charge in [-0.3, -0.25) is 0 Å². The minimum Gasteiger partial charge on any atom is -0.375 e. The van der Waals surface area contributed by atoms with Gasteiger partial charge in [-0.05, 0) is 25.7 Å². The minimum absolute atomic E-state index is 0.741. The number of allylic oxidation sites excluding steroid dienone is 2. The van der Waals surface area contributed by atoms with E-state index in [1.807, 2.05) is 0 Å². The van der Waals surface area contributed by atoms with Crippen LogP contribution in [-0.2, 0) is 0 Å². The Bertz CT molecular complexity index is 152. The molecule has 0 saturated carbocycles. The Hall–Kier alpha value is -0.720. The molecular formula is C10H17N. The second kappa shape index (κ2) is 3.61. The summed E-state index contributed by atoms with van der Waals surface area (Å²) in [6, 6.07) is 0. The molecule has 0 aliphatic carbocycles. The van der Waals surface area contributed by atoms with Crippen LogP contribution < -0.4 is 0 Å². The SMILES string of the molecule is C=CC1CCN(C(=C)C)CC1. The van der Waals surface area contributed by atoms with E-state index < -0.39 is 0 Å². The van der Waals surface area contributed by atoms with Crippen LogP contribution >= 0.6 is 0 Å². The van der Waals surface area contributed by atoms with Crippen molar-refractivity contribution in [3.05, 3.63) is 24.9 Å². The predicted molar refractivity (Wildman–Crippen MR) is 49.3 cm³/mol. The smallest absolute Gasteiger partial charge is 0.0180 e. The molecule has 0 atom stereocenters. The Kier molecular flexibility index (Phi) is 2.75. The molecule has 0 unspecified atom stereocenters. The summed E-state index contributed by atoms with van der Waals surface area (Å²) in [6.07, 6.45) is 4.57. The normalized spacial score (nSPS) is 19.9. The molecule has 0 aromatic rings. The topological polar surface area (TPSA) is 3.24 Å². The molecule has 1 heterocycles. The first-order chi connectivity index (χ1) is 5.24. The van der Waals surface area contributed by atoms with Crippen molar-refractivity contribution in [1.82, 2.24) is 4.90 Å². The van der Waals surface area contributed by atoms with Crippen molar-refractivity contribution >= 4 is 0 Å². The van der Waals surface area contributed by atoms with E-state index in [1.54, 1.807) is 0 Å². The number of hydrogen-bond acceptors (Lipinski definition) is 1. The van der Waals surface area contributed by atoms with Crippen molar-refractivity contribution in [3.8, 4) is 0 Å². The Labute approximate surface area is 69.4 Å². The van der Waals surface area contributed by atoms with Crippen LogP contribution in [0.5, 0.6) is 0 Å². The van der Waals surface area contributed by atoms with E-state index >= 15 is 0 Å². The molecular weight excluding hydrogens is 134 g/mol. The first-order valence-corrected chi connectivity index (χ1v) is 4.27. The average molecular weight is 151 g/mol. The Morgan fingerprint density at radius 1 is 1.45 bits per heavy atom. The minimum atomic E-state index is 0.741. The third kappa shape index (κ3) is 2.11. The van der Waals surface area contributed by atoms with E-state index in [0.29, 0.717) is 0 Å². The standard InChI is InChI=1S/C10H17N/c1-4-10-5-7-11(8-6-10)9(2)3/h4,10H,1-2,5-8H2,3H3. The summed E-state index contributed by atoms with van der Waals surface area (Å²) in [5.41, 5.74) is 1.20. The monoisotopic (exact) mass is 151 g/mol. The molecule has 1 fully saturated rings. The maximum atomic E-state index is 3.93. The molecule has 62 valence electrons. The molecule has 1 aliphatic heterocycles. The molecule has 0 bridgehead atoms. The van der Waals surface area contributed by atoms with Gasteiger partial charge < -0.3 is 4.90 Å². The summed E-state index contributed by atoms with van der Waals surface area (Å²) in [6.45, 7) is 12.1. The van der Waals surface area contributed by atoms with Gasteiger partial charge in [0, 0.05) is 18.8 Å². The van der Waals surface area contributed by atoms with Crippen LogP contribution in [0.25, 0.3) is 0 Å². The summed E-state index contributed by atoms with van der Waals surface area (Å²) in [5, 5.41) is 0. The largest absolute Gasteiger partial charge is 0.375 e. The number of rotatable bonds is 2. The molecule has 0 N–H and O–H groups in total. The van der Waals surface area contributed by atoms with Crippen LogP contribution in [0.4, 0.5) is 0 Å². The van der Waals surface area contributed by atoms with E-state index in [-0.39, 0.29) is 0 Å². The summed E-state index contributed by atoms with van der Waals surface area (Å²) < 4.78 is 0. The highest BCUT2D eigenvalue weighted by Gasteiger charge is 2.15. The van der Waals surface area contributed by atoms with Crippen LogP contribution in [0.15, 0.2) is 24.9 Å². The van der Waals surface area contributed by atoms with Crippen LogP contribution in [0.2, 0.25) is 0 Å². The fourth-order valence-corrected chi connectivity index (χ4v) is 1.52. The molecule has 1 rings (SSSR count). The molecule has 1 heteroatoms. The van der Waals surface area contributed by atoms with Crippen molar-refractivity contribution in [2.45, 2.75) is 19.8 Å². The van der Waals surface area contributed by atoms with Crippen molar-refractivity contribution in [3.63, 3.8) is 0 Å². The van der Waals surface area contributed by atoms with Gasteiger partial charge in [-0.15, -0.1) is 6.58 Å². The first-order valence-electron chi connectivity index (χ1n) is 4.27. The van der Waals surface area contributed by atoms with Crippen LogP contribution in [-0.4, -0.2) is 18.0 Å². The Balaban J connectivity index is 2.35. The highest BCUT2D eigenvalue weighted by atomic mass is 15.1. The first kappa shape index (κ1) is 8.38. The lowest BCUT2D eigenvalue weighted by Gasteiger charge is -2.32. The van der Waals surface area contributed by atoms with Crippen molar-refractivity contribution in [2.24, 2.45) is 5.92 Å².